The molecule has 0 saturated carbocycles. The Balaban J connectivity index is 4.36. The third-order valence-corrected chi connectivity index (χ3v) is 38.3. The summed E-state index contributed by atoms with van der Waals surface area (Å²) in [5.74, 6) is 0. The van der Waals surface area contributed by atoms with Crippen LogP contribution in [0.3, 0.4) is 0 Å². The molecule has 0 spiro atoms. The van der Waals surface area contributed by atoms with Gasteiger partial charge in [0, 0.05) is 0 Å². The van der Waals surface area contributed by atoms with E-state index in [0.717, 1.165) is 17.7 Å². The summed E-state index contributed by atoms with van der Waals surface area (Å²) >= 11 is -5.95. The summed E-state index contributed by atoms with van der Waals surface area (Å²) in [6, 6.07) is 0. The van der Waals surface area contributed by atoms with Crippen molar-refractivity contribution in [2.45, 2.75) is 45.4 Å². The Labute approximate surface area is 95.1 Å². The molecule has 0 fully saturated rings. The summed E-state index contributed by atoms with van der Waals surface area (Å²) in [5.41, 5.74) is 0. The zero-order valence-corrected chi connectivity index (χ0v) is 15.5. The molecule has 0 aromatic rings. The van der Waals surface area contributed by atoms with Crippen LogP contribution in [0.15, 0.2) is 0 Å². The van der Waals surface area contributed by atoms with E-state index in [9.17, 15) is 3.44 Å². The van der Waals surface area contributed by atoms with Gasteiger partial charge in [-0.1, -0.05) is 0 Å². The van der Waals surface area contributed by atoms with E-state index >= 15 is 0 Å². The normalized spacial score (nSPS) is 13.4. The van der Waals surface area contributed by atoms with E-state index in [-0.39, 0.29) is 0 Å². The molecule has 5 heteroatoms. The quantitative estimate of drug-likeness (QED) is 0.667. The second-order valence-electron chi connectivity index (χ2n) is 3.35. The SMILES string of the molecule is C[CH2][Sn]([OH])([CH2]C)[O][Sn]([Cl])([CH2]C)[CH2]C. The molecule has 0 rings (SSSR count). The van der Waals surface area contributed by atoms with Gasteiger partial charge in [-0.05, 0) is 0 Å². The van der Waals surface area contributed by atoms with Gasteiger partial charge in [0.25, 0.3) is 0 Å². The second-order valence-corrected chi connectivity index (χ2v) is 31.0. The third-order valence-electron chi connectivity index (χ3n) is 2.53. The zero-order valence-electron chi connectivity index (χ0n) is 9.06. The van der Waals surface area contributed by atoms with Crippen LogP contribution in [-0.2, 0) is 1.41 Å². The molecule has 0 radical (unpaired) electrons. The standard InChI is InChI=1S/4C2H5.ClH.H2O.O.2Sn/c4*1-2;;;;;/h4*1H2,2H3;1H;1H2;;;/q;;;;;;;2*+1/p-2. The van der Waals surface area contributed by atoms with E-state index < -0.39 is 36.9 Å². The summed E-state index contributed by atoms with van der Waals surface area (Å²) in [7, 11) is 6.43. The van der Waals surface area contributed by atoms with Crippen LogP contribution in [0.4, 0.5) is 0 Å². The fourth-order valence-corrected chi connectivity index (χ4v) is 38.1. The third kappa shape index (κ3) is 4.91. The summed E-state index contributed by atoms with van der Waals surface area (Å²) in [5, 5.41) is 0. The maximum absolute atomic E-state index is 10.2. The fourth-order valence-electron chi connectivity index (χ4n) is 1.13. The molecule has 0 heterocycles. The molecular weight excluding hydrogens is 401 g/mol. The molecule has 13 heavy (non-hydrogen) atoms. The number of hydrogen-bond donors (Lipinski definition) is 1. The predicted molar refractivity (Wildman–Crippen MR) is 62.6 cm³/mol. The van der Waals surface area contributed by atoms with Gasteiger partial charge in [0.2, 0.25) is 0 Å². The van der Waals surface area contributed by atoms with Gasteiger partial charge in [0.05, 0.1) is 0 Å². The first-order chi connectivity index (χ1) is 5.95. The van der Waals surface area contributed by atoms with Crippen LogP contribution < -0.4 is 0 Å². The number of halogens is 1. The molecule has 0 atom stereocenters. The Bertz CT molecular complexity index is 131. The molecule has 2 nitrogen and oxygen atoms in total. The van der Waals surface area contributed by atoms with Crippen LogP contribution in [0.1, 0.15) is 27.7 Å². The molecule has 0 aromatic heterocycles. The van der Waals surface area contributed by atoms with E-state index in [1.54, 1.807) is 0 Å². The van der Waals surface area contributed by atoms with E-state index in [2.05, 4.69) is 13.8 Å². The van der Waals surface area contributed by atoms with Crippen molar-refractivity contribution in [3.05, 3.63) is 0 Å². The fraction of sp³-hybridized carbons (Fsp3) is 1.00. The Morgan fingerprint density at radius 1 is 1.00 bits per heavy atom. The van der Waals surface area contributed by atoms with Gasteiger partial charge >= 0.3 is 96.1 Å². The first-order valence-corrected chi connectivity index (χ1v) is 20.4. The molecule has 80 valence electrons. The minimum atomic E-state index is -3.15. The van der Waals surface area contributed by atoms with Crippen molar-refractivity contribution in [2.75, 3.05) is 0 Å². The Kier molecular flexibility index (Phi) is 7.29. The summed E-state index contributed by atoms with van der Waals surface area (Å²) < 4.78 is 19.7. The van der Waals surface area contributed by atoms with Gasteiger partial charge in [-0.3, -0.25) is 0 Å². The molecule has 0 aliphatic heterocycles. The van der Waals surface area contributed by atoms with E-state index in [0.29, 0.717) is 0 Å². The van der Waals surface area contributed by atoms with Crippen LogP contribution in [0.5, 0.6) is 0 Å². The first-order valence-electron chi connectivity index (χ1n) is 5.06. The predicted octanol–water partition coefficient (Wildman–Crippen LogP) is 3.20. The van der Waals surface area contributed by atoms with Gasteiger partial charge in [0.15, 0.2) is 0 Å². The van der Waals surface area contributed by atoms with Crippen LogP contribution >= 0.6 is 8.92 Å². The first kappa shape index (κ1) is 14.8. The van der Waals surface area contributed by atoms with Gasteiger partial charge in [-0.2, -0.15) is 0 Å². The van der Waals surface area contributed by atoms with Crippen LogP contribution in [0.25, 0.3) is 0 Å². The second kappa shape index (κ2) is 6.40. The topological polar surface area (TPSA) is 29.5 Å². The summed E-state index contributed by atoms with van der Waals surface area (Å²) in [6.07, 6.45) is 0. The van der Waals surface area contributed by atoms with Crippen LogP contribution in [-0.4, -0.2) is 40.3 Å². The van der Waals surface area contributed by atoms with Crippen molar-refractivity contribution in [1.82, 2.24) is 0 Å². The molecule has 0 aliphatic carbocycles. The maximum atomic E-state index is 10.2. The molecule has 0 bridgehead atoms. The molecule has 0 amide bonds. The van der Waals surface area contributed by atoms with Crippen molar-refractivity contribution < 1.29 is 4.86 Å². The average molecular weight is 422 g/mol. The van der Waals surface area contributed by atoms with E-state index in [1.807, 2.05) is 13.8 Å². The van der Waals surface area contributed by atoms with E-state index in [4.69, 9.17) is 10.3 Å². The molecule has 0 unspecified atom stereocenters. The minimum absolute atomic E-state index is 0.830. The molecule has 1 N–H and O–H groups in total. The van der Waals surface area contributed by atoms with Crippen LogP contribution in [0.2, 0.25) is 17.7 Å². The summed E-state index contributed by atoms with van der Waals surface area (Å²) in [4.78, 5) is 0. The molecule has 0 aliphatic rings. The molecule has 0 saturated heterocycles. The number of rotatable bonds is 6. The molecule has 0 aromatic carbocycles. The van der Waals surface area contributed by atoms with Crippen molar-refractivity contribution in [3.8, 4) is 0 Å². The Hall–Kier alpha value is 1.81. The van der Waals surface area contributed by atoms with E-state index in [1.165, 1.54) is 0 Å². The number of hydrogen-bond acceptors (Lipinski definition) is 2. The zero-order chi connectivity index (χ0) is 10.5. The van der Waals surface area contributed by atoms with Crippen molar-refractivity contribution in [1.29, 1.82) is 0 Å². The molecular formula is C8H21ClO2Sn2. The van der Waals surface area contributed by atoms with Crippen molar-refractivity contribution >= 4 is 45.8 Å². The van der Waals surface area contributed by atoms with Crippen molar-refractivity contribution in [2.24, 2.45) is 0 Å². The van der Waals surface area contributed by atoms with Gasteiger partial charge < -0.3 is 0 Å². The van der Waals surface area contributed by atoms with Gasteiger partial charge in [0.1, 0.15) is 0 Å². The Morgan fingerprint density at radius 3 is 1.62 bits per heavy atom. The van der Waals surface area contributed by atoms with Crippen molar-refractivity contribution in [3.63, 3.8) is 0 Å². The van der Waals surface area contributed by atoms with Gasteiger partial charge in [-0.15, -0.1) is 0 Å². The Morgan fingerprint density at radius 2 is 1.38 bits per heavy atom. The average Bonchev–Trinajstić information content (AvgIpc) is 2.17. The summed E-state index contributed by atoms with van der Waals surface area (Å²) in [6.45, 7) is 8.22. The van der Waals surface area contributed by atoms with Crippen LogP contribution in [0, 0.1) is 0 Å². The monoisotopic (exact) mass is 424 g/mol. The van der Waals surface area contributed by atoms with Gasteiger partial charge in [-0.25, -0.2) is 0 Å².